The lowest BCUT2D eigenvalue weighted by Gasteiger charge is -2.22. The fourth-order valence-corrected chi connectivity index (χ4v) is 2.63. The Bertz CT molecular complexity index is 493. The third-order valence-corrected chi connectivity index (χ3v) is 3.50. The van der Waals surface area contributed by atoms with Crippen LogP contribution >= 0.6 is 0 Å². The summed E-state index contributed by atoms with van der Waals surface area (Å²) >= 11 is 0. The number of benzene rings is 1. The molecule has 0 spiro atoms. The van der Waals surface area contributed by atoms with E-state index in [4.69, 9.17) is 10.8 Å². The summed E-state index contributed by atoms with van der Waals surface area (Å²) in [6.45, 7) is 1.74. The molecule has 3 atom stereocenters. The SMILES string of the molecule is CC(CC1Cc2ccccc2N1)[C@H](OC(N)=O)C(=O)O. The molecule has 2 rings (SSSR count). The van der Waals surface area contributed by atoms with Gasteiger partial charge in [-0.25, -0.2) is 9.59 Å². The number of carboxylic acids is 1. The second-order valence-corrected chi connectivity index (χ2v) is 5.11. The molecule has 1 aromatic rings. The van der Waals surface area contributed by atoms with Crippen molar-refractivity contribution >= 4 is 17.7 Å². The van der Waals surface area contributed by atoms with Crippen LogP contribution in [0, 0.1) is 5.92 Å². The largest absolute Gasteiger partial charge is 0.478 e. The summed E-state index contributed by atoms with van der Waals surface area (Å²) in [5.41, 5.74) is 7.20. The maximum atomic E-state index is 11.1. The summed E-state index contributed by atoms with van der Waals surface area (Å²) < 4.78 is 4.67. The van der Waals surface area contributed by atoms with Crippen molar-refractivity contribution < 1.29 is 19.4 Å². The van der Waals surface area contributed by atoms with Crippen molar-refractivity contribution in [1.29, 1.82) is 0 Å². The Balaban J connectivity index is 1.96. The lowest BCUT2D eigenvalue weighted by molar-refractivity contribution is -0.149. The fourth-order valence-electron chi connectivity index (χ4n) is 2.63. The van der Waals surface area contributed by atoms with Crippen LogP contribution in [0.2, 0.25) is 0 Å². The standard InChI is InChI=1S/C14H18N2O4/c1-8(12(13(17)18)20-14(15)19)6-10-7-9-4-2-3-5-11(9)16-10/h2-5,8,10,12,16H,6-7H2,1H3,(H2,15,19)(H,17,18)/t8?,10?,12-/m0/s1. The van der Waals surface area contributed by atoms with Gasteiger partial charge in [0.05, 0.1) is 0 Å². The molecular formula is C14H18N2O4. The van der Waals surface area contributed by atoms with Crippen molar-refractivity contribution in [3.8, 4) is 0 Å². The number of hydrogen-bond acceptors (Lipinski definition) is 4. The van der Waals surface area contributed by atoms with Crippen LogP contribution < -0.4 is 11.1 Å². The van der Waals surface area contributed by atoms with E-state index in [0.29, 0.717) is 6.42 Å². The third-order valence-electron chi connectivity index (χ3n) is 3.50. The van der Waals surface area contributed by atoms with Crippen molar-refractivity contribution in [2.24, 2.45) is 11.7 Å². The highest BCUT2D eigenvalue weighted by atomic mass is 16.6. The van der Waals surface area contributed by atoms with Crippen molar-refractivity contribution in [3.63, 3.8) is 0 Å². The fraction of sp³-hybridized carbons (Fsp3) is 0.429. The van der Waals surface area contributed by atoms with Crippen LogP contribution in [-0.4, -0.2) is 29.3 Å². The normalized spacial score (nSPS) is 19.6. The van der Waals surface area contributed by atoms with Crippen LogP contribution in [0.4, 0.5) is 10.5 Å². The van der Waals surface area contributed by atoms with Gasteiger partial charge in [-0.1, -0.05) is 25.1 Å². The van der Waals surface area contributed by atoms with Gasteiger partial charge in [-0.3, -0.25) is 0 Å². The number of anilines is 1. The van der Waals surface area contributed by atoms with Crippen LogP contribution in [0.3, 0.4) is 0 Å². The van der Waals surface area contributed by atoms with Gasteiger partial charge in [0.1, 0.15) is 0 Å². The molecule has 2 unspecified atom stereocenters. The first kappa shape index (κ1) is 14.2. The van der Waals surface area contributed by atoms with Gasteiger partial charge < -0.3 is 20.9 Å². The van der Waals surface area contributed by atoms with Crippen molar-refractivity contribution in [3.05, 3.63) is 29.8 Å². The molecule has 0 bridgehead atoms. The zero-order chi connectivity index (χ0) is 14.7. The number of nitrogens with two attached hydrogens (primary N) is 1. The van der Waals surface area contributed by atoms with Crippen LogP contribution in [0.5, 0.6) is 0 Å². The molecule has 108 valence electrons. The van der Waals surface area contributed by atoms with Crippen molar-refractivity contribution in [1.82, 2.24) is 0 Å². The smallest absolute Gasteiger partial charge is 0.405 e. The number of fused-ring (bicyclic) bond motifs is 1. The average molecular weight is 278 g/mol. The first-order valence-corrected chi connectivity index (χ1v) is 6.50. The molecule has 6 heteroatoms. The Kier molecular flexibility index (Phi) is 4.12. The maximum absolute atomic E-state index is 11.1. The monoisotopic (exact) mass is 278 g/mol. The first-order valence-electron chi connectivity index (χ1n) is 6.50. The number of carbonyl (C=O) groups excluding carboxylic acids is 1. The van der Waals surface area contributed by atoms with E-state index in [9.17, 15) is 9.59 Å². The molecule has 1 aromatic carbocycles. The van der Waals surface area contributed by atoms with E-state index in [1.807, 2.05) is 24.3 Å². The van der Waals surface area contributed by atoms with Gasteiger partial charge in [0.25, 0.3) is 0 Å². The summed E-state index contributed by atoms with van der Waals surface area (Å²) in [6.07, 6.45) is -0.854. The number of primary amides is 1. The summed E-state index contributed by atoms with van der Waals surface area (Å²) in [7, 11) is 0. The number of amides is 1. The van der Waals surface area contributed by atoms with E-state index in [-0.39, 0.29) is 12.0 Å². The van der Waals surface area contributed by atoms with Crippen LogP contribution in [-0.2, 0) is 16.0 Å². The molecule has 0 fully saturated rings. The van der Waals surface area contributed by atoms with E-state index in [1.165, 1.54) is 5.56 Å². The van der Waals surface area contributed by atoms with Gasteiger partial charge in [0.15, 0.2) is 0 Å². The highest BCUT2D eigenvalue weighted by Crippen LogP contribution is 2.29. The van der Waals surface area contributed by atoms with Gasteiger partial charge in [0.2, 0.25) is 6.10 Å². The molecule has 1 amide bonds. The number of carboxylic acid groups (broad SMARTS) is 1. The van der Waals surface area contributed by atoms with Gasteiger partial charge in [-0.2, -0.15) is 0 Å². The van der Waals surface area contributed by atoms with Gasteiger partial charge in [-0.05, 0) is 24.5 Å². The molecule has 1 aliphatic rings. The molecule has 4 N–H and O–H groups in total. The predicted molar refractivity (Wildman–Crippen MR) is 73.4 cm³/mol. The van der Waals surface area contributed by atoms with Gasteiger partial charge in [0, 0.05) is 17.6 Å². The van der Waals surface area contributed by atoms with E-state index < -0.39 is 18.2 Å². The van der Waals surface area contributed by atoms with Gasteiger partial charge in [-0.15, -0.1) is 0 Å². The Labute approximate surface area is 116 Å². The molecular weight excluding hydrogens is 260 g/mol. The minimum atomic E-state index is -1.21. The third kappa shape index (κ3) is 3.20. The Morgan fingerprint density at radius 1 is 1.50 bits per heavy atom. The number of aliphatic carboxylic acids is 1. The number of rotatable bonds is 5. The molecule has 0 saturated carbocycles. The second-order valence-electron chi connectivity index (χ2n) is 5.11. The quantitative estimate of drug-likeness (QED) is 0.759. The van der Waals surface area contributed by atoms with Crippen LogP contribution in [0.1, 0.15) is 18.9 Å². The number of hydrogen-bond donors (Lipinski definition) is 3. The Morgan fingerprint density at radius 3 is 2.80 bits per heavy atom. The zero-order valence-corrected chi connectivity index (χ0v) is 11.2. The number of ether oxygens (including phenoxy) is 1. The molecule has 1 heterocycles. The zero-order valence-electron chi connectivity index (χ0n) is 11.2. The van der Waals surface area contributed by atoms with Crippen molar-refractivity contribution in [2.75, 3.05) is 5.32 Å². The first-order chi connectivity index (χ1) is 9.47. The summed E-state index contributed by atoms with van der Waals surface area (Å²) in [4.78, 5) is 21.9. The summed E-state index contributed by atoms with van der Waals surface area (Å²) in [6, 6.07) is 8.10. The molecule has 20 heavy (non-hydrogen) atoms. The topological polar surface area (TPSA) is 102 Å². The molecule has 0 saturated heterocycles. The molecule has 6 nitrogen and oxygen atoms in total. The predicted octanol–water partition coefficient (Wildman–Crippen LogP) is 1.60. The van der Waals surface area contributed by atoms with Gasteiger partial charge >= 0.3 is 12.1 Å². The average Bonchev–Trinajstić information content (AvgIpc) is 2.77. The Hall–Kier alpha value is -2.24. The molecule has 1 aliphatic heterocycles. The van der Waals surface area contributed by atoms with E-state index in [0.717, 1.165) is 12.1 Å². The molecule has 0 aromatic heterocycles. The second kappa shape index (κ2) is 5.81. The highest BCUT2D eigenvalue weighted by Gasteiger charge is 2.31. The van der Waals surface area contributed by atoms with Crippen molar-refractivity contribution in [2.45, 2.75) is 31.9 Å². The van der Waals surface area contributed by atoms with E-state index in [1.54, 1.807) is 6.92 Å². The lowest BCUT2D eigenvalue weighted by Crippen LogP contribution is -2.37. The van der Waals surface area contributed by atoms with E-state index in [2.05, 4.69) is 10.1 Å². The number of para-hydroxylation sites is 1. The highest BCUT2D eigenvalue weighted by molar-refractivity contribution is 5.76. The maximum Gasteiger partial charge on any atom is 0.405 e. The summed E-state index contributed by atoms with van der Waals surface area (Å²) in [5.74, 6) is -1.50. The number of carbonyl (C=O) groups is 2. The lowest BCUT2D eigenvalue weighted by atomic mass is 9.94. The minimum absolute atomic E-state index is 0.140. The minimum Gasteiger partial charge on any atom is -0.478 e. The Morgan fingerprint density at radius 2 is 2.20 bits per heavy atom. The van der Waals surface area contributed by atoms with Crippen LogP contribution in [0.25, 0.3) is 0 Å². The van der Waals surface area contributed by atoms with Crippen LogP contribution in [0.15, 0.2) is 24.3 Å². The molecule has 0 aliphatic carbocycles. The van der Waals surface area contributed by atoms with E-state index >= 15 is 0 Å². The summed E-state index contributed by atoms with van der Waals surface area (Å²) in [5, 5.41) is 12.4. The molecule has 0 radical (unpaired) electrons. The number of nitrogens with one attached hydrogen (secondary N) is 1.